The molecule has 2 aromatic carbocycles. The highest BCUT2D eigenvalue weighted by Crippen LogP contribution is 2.26. The fourth-order valence-corrected chi connectivity index (χ4v) is 3.84. The summed E-state index contributed by atoms with van der Waals surface area (Å²) in [5.41, 5.74) is 1.30. The Morgan fingerprint density at radius 3 is 2.18 bits per heavy atom. The summed E-state index contributed by atoms with van der Waals surface area (Å²) in [6.07, 6.45) is 5.02. The summed E-state index contributed by atoms with van der Waals surface area (Å²) in [5, 5.41) is 8.85. The Morgan fingerprint density at radius 2 is 1.57 bits per heavy atom. The number of ether oxygens (including phenoxy) is 1. The van der Waals surface area contributed by atoms with Crippen LogP contribution in [0.5, 0.6) is 11.5 Å². The smallest absolute Gasteiger partial charge is 0.253 e. The molecule has 0 bridgehead atoms. The topological polar surface area (TPSA) is 56.6 Å². The second-order valence-electron chi connectivity index (χ2n) is 7.53. The summed E-state index contributed by atoms with van der Waals surface area (Å²) >= 11 is 0. The number of nitrogens with zero attached hydrogens (tertiary/aromatic N) is 3. The molecule has 0 unspecified atom stereocenters. The third-order valence-corrected chi connectivity index (χ3v) is 5.73. The molecule has 28 heavy (non-hydrogen) atoms. The molecule has 0 spiro atoms. The Balaban J connectivity index is 1.36. The summed E-state index contributed by atoms with van der Waals surface area (Å²) in [6, 6.07) is 17.1. The first-order valence-electron chi connectivity index (χ1n) is 10.0. The highest BCUT2D eigenvalue weighted by molar-refractivity contribution is 5.94. The number of amides is 1. The quantitative estimate of drug-likeness (QED) is 0.809. The molecule has 4 rings (SSSR count). The van der Waals surface area contributed by atoms with Gasteiger partial charge in [0.1, 0.15) is 11.5 Å². The van der Waals surface area contributed by atoms with Gasteiger partial charge in [0.05, 0.1) is 11.6 Å². The third kappa shape index (κ3) is 4.18. The Bertz CT molecular complexity index is 851. The van der Waals surface area contributed by atoms with Gasteiger partial charge >= 0.3 is 0 Å². The summed E-state index contributed by atoms with van der Waals surface area (Å²) in [5.74, 6) is 1.44. The summed E-state index contributed by atoms with van der Waals surface area (Å²) < 4.78 is 5.80. The number of rotatable bonds is 4. The molecule has 5 heteroatoms. The molecule has 1 aliphatic heterocycles. The van der Waals surface area contributed by atoms with Gasteiger partial charge in [0.15, 0.2) is 0 Å². The largest absolute Gasteiger partial charge is 0.457 e. The van der Waals surface area contributed by atoms with E-state index in [2.05, 4.69) is 11.0 Å². The van der Waals surface area contributed by atoms with Crippen LogP contribution in [0.3, 0.4) is 0 Å². The van der Waals surface area contributed by atoms with Crippen molar-refractivity contribution in [3.63, 3.8) is 0 Å². The van der Waals surface area contributed by atoms with Crippen molar-refractivity contribution < 1.29 is 9.53 Å². The normalized spacial score (nSPS) is 18.0. The first kappa shape index (κ1) is 18.5. The molecule has 2 aromatic rings. The van der Waals surface area contributed by atoms with Crippen molar-refractivity contribution in [3.05, 3.63) is 59.7 Å². The number of carbonyl (C=O) groups excluding carboxylic acids is 1. The van der Waals surface area contributed by atoms with E-state index >= 15 is 0 Å². The molecule has 1 aliphatic carbocycles. The Hall–Kier alpha value is -2.84. The van der Waals surface area contributed by atoms with Crippen molar-refractivity contribution in [1.29, 1.82) is 5.26 Å². The van der Waals surface area contributed by atoms with E-state index in [9.17, 15) is 4.79 Å². The minimum Gasteiger partial charge on any atom is -0.457 e. The Kier molecular flexibility index (Phi) is 5.59. The van der Waals surface area contributed by atoms with Crippen molar-refractivity contribution in [3.8, 4) is 17.6 Å². The van der Waals surface area contributed by atoms with Crippen LogP contribution in [0.25, 0.3) is 0 Å². The third-order valence-electron chi connectivity index (χ3n) is 5.73. The number of carbonyl (C=O) groups is 1. The molecule has 1 amide bonds. The van der Waals surface area contributed by atoms with Gasteiger partial charge in [-0.15, -0.1) is 0 Å². The van der Waals surface area contributed by atoms with Crippen LogP contribution in [0.4, 0.5) is 0 Å². The van der Waals surface area contributed by atoms with Gasteiger partial charge in [-0.1, -0.05) is 6.42 Å². The number of nitriles is 1. The standard InChI is InChI=1S/C23H25N3O2/c24-17-18-5-9-21(10-6-18)28-22-11-7-19(8-12-22)23(27)26-14-2-13-25(15-16-26)20-3-1-4-20/h5-12,20H,1-4,13-16H2. The SMILES string of the molecule is N#Cc1ccc(Oc2ccc(C(=O)N3CCCN(C4CCC4)CC3)cc2)cc1. The van der Waals surface area contributed by atoms with E-state index in [1.165, 1.54) is 19.3 Å². The second kappa shape index (κ2) is 8.45. The lowest BCUT2D eigenvalue weighted by atomic mass is 9.91. The van der Waals surface area contributed by atoms with Crippen molar-refractivity contribution in [2.75, 3.05) is 26.2 Å². The van der Waals surface area contributed by atoms with Crippen LogP contribution in [-0.4, -0.2) is 47.9 Å². The number of hydrogen-bond acceptors (Lipinski definition) is 4. The van der Waals surface area contributed by atoms with E-state index < -0.39 is 0 Å². The molecule has 0 aromatic heterocycles. The summed E-state index contributed by atoms with van der Waals surface area (Å²) in [6.45, 7) is 3.71. The highest BCUT2D eigenvalue weighted by atomic mass is 16.5. The molecule has 0 radical (unpaired) electrons. The van der Waals surface area contributed by atoms with Crippen molar-refractivity contribution in [1.82, 2.24) is 9.80 Å². The fraction of sp³-hybridized carbons (Fsp3) is 0.391. The van der Waals surface area contributed by atoms with E-state index in [-0.39, 0.29) is 5.91 Å². The first-order valence-corrected chi connectivity index (χ1v) is 10.0. The molecule has 1 saturated carbocycles. The van der Waals surface area contributed by atoms with E-state index in [0.29, 0.717) is 22.6 Å². The van der Waals surface area contributed by atoms with Crippen LogP contribution in [-0.2, 0) is 0 Å². The zero-order valence-electron chi connectivity index (χ0n) is 16.0. The van der Waals surface area contributed by atoms with Gasteiger partial charge in [-0.25, -0.2) is 0 Å². The van der Waals surface area contributed by atoms with Crippen LogP contribution in [0.2, 0.25) is 0 Å². The lowest BCUT2D eigenvalue weighted by molar-refractivity contribution is 0.0749. The Morgan fingerprint density at radius 1 is 0.893 bits per heavy atom. The molecule has 144 valence electrons. The number of benzene rings is 2. The zero-order chi connectivity index (χ0) is 19.3. The van der Waals surface area contributed by atoms with Gasteiger partial charge in [-0.3, -0.25) is 9.69 Å². The number of hydrogen-bond donors (Lipinski definition) is 0. The van der Waals surface area contributed by atoms with Crippen LogP contribution >= 0.6 is 0 Å². The molecule has 5 nitrogen and oxygen atoms in total. The molecule has 1 saturated heterocycles. The van der Waals surface area contributed by atoms with Gasteiger partial charge in [0.25, 0.3) is 5.91 Å². The predicted molar refractivity (Wildman–Crippen MR) is 107 cm³/mol. The predicted octanol–water partition coefficient (Wildman–Crippen LogP) is 4.05. The van der Waals surface area contributed by atoms with Gasteiger partial charge in [-0.05, 0) is 67.8 Å². The maximum atomic E-state index is 12.9. The minimum absolute atomic E-state index is 0.0976. The van der Waals surface area contributed by atoms with Crippen molar-refractivity contribution >= 4 is 5.91 Å². The van der Waals surface area contributed by atoms with E-state index in [1.807, 2.05) is 29.2 Å². The van der Waals surface area contributed by atoms with Crippen molar-refractivity contribution in [2.45, 2.75) is 31.7 Å². The first-order chi connectivity index (χ1) is 13.7. The maximum Gasteiger partial charge on any atom is 0.253 e. The van der Waals surface area contributed by atoms with E-state index in [4.69, 9.17) is 10.00 Å². The molecule has 1 heterocycles. The van der Waals surface area contributed by atoms with Gasteiger partial charge in [-0.2, -0.15) is 5.26 Å². The molecule has 0 atom stereocenters. The maximum absolute atomic E-state index is 12.9. The molecule has 0 N–H and O–H groups in total. The van der Waals surface area contributed by atoms with Crippen LogP contribution in [0.1, 0.15) is 41.6 Å². The monoisotopic (exact) mass is 375 g/mol. The summed E-state index contributed by atoms with van der Waals surface area (Å²) in [7, 11) is 0. The summed E-state index contributed by atoms with van der Waals surface area (Å²) in [4.78, 5) is 17.4. The van der Waals surface area contributed by atoms with Crippen LogP contribution in [0, 0.1) is 11.3 Å². The lowest BCUT2D eigenvalue weighted by Crippen LogP contribution is -2.42. The molecule has 2 fully saturated rings. The Labute approximate surface area is 166 Å². The lowest BCUT2D eigenvalue weighted by Gasteiger charge is -2.36. The fourth-order valence-electron chi connectivity index (χ4n) is 3.84. The van der Waals surface area contributed by atoms with Crippen LogP contribution in [0.15, 0.2) is 48.5 Å². The van der Waals surface area contributed by atoms with E-state index in [0.717, 1.165) is 38.6 Å². The van der Waals surface area contributed by atoms with Gasteiger partial charge < -0.3 is 9.64 Å². The van der Waals surface area contributed by atoms with Crippen LogP contribution < -0.4 is 4.74 Å². The molecular weight excluding hydrogens is 350 g/mol. The second-order valence-corrected chi connectivity index (χ2v) is 7.53. The zero-order valence-corrected chi connectivity index (χ0v) is 16.0. The molecular formula is C23H25N3O2. The average Bonchev–Trinajstić information content (AvgIpc) is 2.93. The highest BCUT2D eigenvalue weighted by Gasteiger charge is 2.27. The molecule has 2 aliphatic rings. The van der Waals surface area contributed by atoms with Crippen molar-refractivity contribution in [2.24, 2.45) is 0 Å². The minimum atomic E-state index is 0.0976. The van der Waals surface area contributed by atoms with Gasteiger partial charge in [0.2, 0.25) is 0 Å². The van der Waals surface area contributed by atoms with Gasteiger partial charge in [0, 0.05) is 37.8 Å². The van der Waals surface area contributed by atoms with E-state index in [1.54, 1.807) is 24.3 Å². The average molecular weight is 375 g/mol.